The number of hydrogen-bond acceptors (Lipinski definition) is 2. The molecule has 0 atom stereocenters. The summed E-state index contributed by atoms with van der Waals surface area (Å²) in [6.45, 7) is 0. The van der Waals surface area contributed by atoms with Crippen LogP contribution in [0.3, 0.4) is 0 Å². The molecule has 1 aromatic heterocycles. The smallest absolute Gasteiger partial charge is 0.146 e. The molecule has 3 aromatic carbocycles. The van der Waals surface area contributed by atoms with Crippen molar-refractivity contribution in [3.63, 3.8) is 0 Å². The quantitative estimate of drug-likeness (QED) is 0.359. The molecule has 0 unspecified atom stereocenters. The zero-order chi connectivity index (χ0) is 18.5. The summed E-state index contributed by atoms with van der Waals surface area (Å²) in [5.74, 6) is 1.36. The Morgan fingerprint density at radius 3 is 2.33 bits per heavy atom. The van der Waals surface area contributed by atoms with Crippen LogP contribution in [0.2, 0.25) is 5.02 Å². The van der Waals surface area contributed by atoms with Crippen LogP contribution in [0.1, 0.15) is 5.56 Å². The number of aliphatic imine (C=N–C) groups is 1. The Bertz CT molecular complexity index is 1050. The summed E-state index contributed by atoms with van der Waals surface area (Å²) in [5, 5.41) is 0.586. The fourth-order valence-corrected chi connectivity index (χ4v) is 2.83. The molecule has 4 rings (SSSR count). The second kappa shape index (κ2) is 7.94. The molecule has 4 heteroatoms. The molecule has 0 saturated carbocycles. The maximum atomic E-state index is 6.12. The molecule has 27 heavy (non-hydrogen) atoms. The van der Waals surface area contributed by atoms with E-state index in [4.69, 9.17) is 16.3 Å². The van der Waals surface area contributed by atoms with E-state index in [0.29, 0.717) is 10.8 Å². The van der Waals surface area contributed by atoms with Crippen molar-refractivity contribution in [3.05, 3.63) is 108 Å². The highest BCUT2D eigenvalue weighted by Gasteiger charge is 2.02. The molecule has 4 aromatic rings. The van der Waals surface area contributed by atoms with Gasteiger partial charge in [0.05, 0.1) is 10.7 Å². The van der Waals surface area contributed by atoms with Crippen molar-refractivity contribution in [2.45, 2.75) is 0 Å². The lowest BCUT2D eigenvalue weighted by Gasteiger charge is -2.07. The molecule has 132 valence electrons. The molecule has 0 aliphatic heterocycles. The van der Waals surface area contributed by atoms with Crippen LogP contribution in [-0.2, 0) is 0 Å². The molecule has 1 heterocycles. The third kappa shape index (κ3) is 4.27. The minimum absolute atomic E-state index is 0.586. The molecule has 0 spiro atoms. The van der Waals surface area contributed by atoms with Gasteiger partial charge in [-0.15, -0.1) is 0 Å². The molecule has 0 bridgehead atoms. The highest BCUT2D eigenvalue weighted by Crippen LogP contribution is 2.29. The molecular formula is C23H17ClN2O. The van der Waals surface area contributed by atoms with Crippen molar-refractivity contribution in [3.8, 4) is 17.2 Å². The van der Waals surface area contributed by atoms with Gasteiger partial charge in [-0.05, 0) is 54.6 Å². The molecule has 0 saturated heterocycles. The van der Waals surface area contributed by atoms with Gasteiger partial charge in [0.1, 0.15) is 11.5 Å². The van der Waals surface area contributed by atoms with Gasteiger partial charge >= 0.3 is 0 Å². The number of nitrogens with zero attached hydrogens (tertiary/aromatic N) is 2. The molecular weight excluding hydrogens is 356 g/mol. The summed E-state index contributed by atoms with van der Waals surface area (Å²) in [7, 11) is 0. The number of rotatable bonds is 5. The Kier molecular flexibility index (Phi) is 5.04. The van der Waals surface area contributed by atoms with Crippen molar-refractivity contribution in [2.75, 3.05) is 0 Å². The lowest BCUT2D eigenvalue weighted by atomic mass is 10.3. The Morgan fingerprint density at radius 1 is 0.815 bits per heavy atom. The summed E-state index contributed by atoms with van der Waals surface area (Å²) in [5.41, 5.74) is 3.02. The summed E-state index contributed by atoms with van der Waals surface area (Å²) in [6.07, 6.45) is 5.92. The summed E-state index contributed by atoms with van der Waals surface area (Å²) in [4.78, 5) is 4.53. The first kappa shape index (κ1) is 17.1. The van der Waals surface area contributed by atoms with E-state index in [1.165, 1.54) is 0 Å². The fraction of sp³-hybridized carbons (Fsp3) is 0. The number of benzene rings is 3. The van der Waals surface area contributed by atoms with Crippen molar-refractivity contribution < 1.29 is 4.74 Å². The van der Waals surface area contributed by atoms with Crippen LogP contribution >= 0.6 is 11.6 Å². The van der Waals surface area contributed by atoms with E-state index in [0.717, 1.165) is 22.7 Å². The second-order valence-corrected chi connectivity index (χ2v) is 6.38. The number of ether oxygens (including phenoxy) is 1. The Balaban J connectivity index is 1.44. The Labute approximate surface area is 163 Å². The zero-order valence-electron chi connectivity index (χ0n) is 14.5. The first-order valence-corrected chi connectivity index (χ1v) is 8.96. The Hall–Kier alpha value is -3.30. The van der Waals surface area contributed by atoms with Crippen LogP contribution in [0.15, 0.2) is 102 Å². The monoisotopic (exact) mass is 372 g/mol. The summed E-state index contributed by atoms with van der Waals surface area (Å²) in [6, 6.07) is 27.2. The van der Waals surface area contributed by atoms with E-state index in [2.05, 4.69) is 21.7 Å². The maximum absolute atomic E-state index is 6.12. The number of para-hydroxylation sites is 2. The maximum Gasteiger partial charge on any atom is 0.146 e. The van der Waals surface area contributed by atoms with Crippen LogP contribution in [0.25, 0.3) is 5.69 Å². The van der Waals surface area contributed by atoms with Crippen molar-refractivity contribution in [1.82, 2.24) is 4.57 Å². The lowest BCUT2D eigenvalue weighted by molar-refractivity contribution is 0.483. The van der Waals surface area contributed by atoms with E-state index >= 15 is 0 Å². The van der Waals surface area contributed by atoms with Gasteiger partial charge in [-0.2, -0.15) is 0 Å². The van der Waals surface area contributed by atoms with E-state index < -0.39 is 0 Å². The van der Waals surface area contributed by atoms with Gasteiger partial charge in [-0.25, -0.2) is 0 Å². The third-order valence-corrected chi connectivity index (χ3v) is 4.35. The first-order valence-electron chi connectivity index (χ1n) is 8.58. The van der Waals surface area contributed by atoms with Gasteiger partial charge in [0.15, 0.2) is 0 Å². The fourth-order valence-electron chi connectivity index (χ4n) is 2.65. The van der Waals surface area contributed by atoms with Gasteiger partial charge in [-0.3, -0.25) is 4.99 Å². The van der Waals surface area contributed by atoms with E-state index in [1.807, 2.05) is 85.3 Å². The summed E-state index contributed by atoms with van der Waals surface area (Å²) >= 11 is 6.12. The lowest BCUT2D eigenvalue weighted by Crippen LogP contribution is -1.88. The average molecular weight is 373 g/mol. The highest BCUT2D eigenvalue weighted by molar-refractivity contribution is 6.32. The van der Waals surface area contributed by atoms with Gasteiger partial charge < -0.3 is 9.30 Å². The van der Waals surface area contributed by atoms with E-state index in [-0.39, 0.29) is 0 Å². The van der Waals surface area contributed by atoms with Crippen LogP contribution in [-0.4, -0.2) is 10.8 Å². The average Bonchev–Trinajstić information content (AvgIpc) is 3.19. The minimum Gasteiger partial charge on any atom is -0.456 e. The Morgan fingerprint density at radius 2 is 1.56 bits per heavy atom. The van der Waals surface area contributed by atoms with Gasteiger partial charge in [-0.1, -0.05) is 41.9 Å². The first-order chi connectivity index (χ1) is 13.3. The van der Waals surface area contributed by atoms with Gasteiger partial charge in [0.25, 0.3) is 0 Å². The van der Waals surface area contributed by atoms with Crippen molar-refractivity contribution in [1.29, 1.82) is 0 Å². The minimum atomic E-state index is 0.586. The standard InChI is InChI=1S/C23H17ClN2O/c24-22-8-4-5-9-23(22)27-21-12-10-19(11-13-21)25-16-18-14-15-26(17-18)20-6-2-1-3-7-20/h1-17H. The van der Waals surface area contributed by atoms with Crippen LogP contribution in [0.5, 0.6) is 11.5 Å². The molecule has 0 radical (unpaired) electrons. The highest BCUT2D eigenvalue weighted by atomic mass is 35.5. The zero-order valence-corrected chi connectivity index (χ0v) is 15.3. The van der Waals surface area contributed by atoms with Gasteiger partial charge in [0, 0.05) is 29.9 Å². The molecule has 0 N–H and O–H groups in total. The number of halogens is 1. The molecule has 0 fully saturated rings. The van der Waals surface area contributed by atoms with Crippen molar-refractivity contribution in [2.24, 2.45) is 4.99 Å². The van der Waals surface area contributed by atoms with Crippen LogP contribution < -0.4 is 4.74 Å². The van der Waals surface area contributed by atoms with Gasteiger partial charge in [0.2, 0.25) is 0 Å². The molecule has 3 nitrogen and oxygen atoms in total. The van der Waals surface area contributed by atoms with Crippen LogP contribution in [0, 0.1) is 0 Å². The van der Waals surface area contributed by atoms with E-state index in [9.17, 15) is 0 Å². The van der Waals surface area contributed by atoms with Crippen LogP contribution in [0.4, 0.5) is 5.69 Å². The van der Waals surface area contributed by atoms with Crippen molar-refractivity contribution >= 4 is 23.5 Å². The SMILES string of the molecule is Clc1ccccc1Oc1ccc(N=Cc2ccn(-c3ccccc3)c2)cc1. The number of hydrogen-bond donors (Lipinski definition) is 0. The second-order valence-electron chi connectivity index (χ2n) is 5.97. The summed E-state index contributed by atoms with van der Waals surface area (Å²) < 4.78 is 7.86. The molecule has 0 aliphatic rings. The molecule has 0 aliphatic carbocycles. The molecule has 0 amide bonds. The number of aromatic nitrogens is 1. The largest absolute Gasteiger partial charge is 0.456 e. The predicted molar refractivity (Wildman–Crippen MR) is 111 cm³/mol. The normalized spacial score (nSPS) is 11.0. The third-order valence-electron chi connectivity index (χ3n) is 4.03. The topological polar surface area (TPSA) is 26.5 Å². The van der Waals surface area contributed by atoms with E-state index in [1.54, 1.807) is 6.07 Å². The predicted octanol–water partition coefficient (Wildman–Crippen LogP) is 6.67.